The van der Waals surface area contributed by atoms with Crippen LogP contribution < -0.4 is 14.8 Å². The van der Waals surface area contributed by atoms with Crippen molar-refractivity contribution in [2.24, 2.45) is 0 Å². The van der Waals surface area contributed by atoms with Crippen LogP contribution in [0.15, 0.2) is 65.3 Å². The molecule has 0 aliphatic carbocycles. The molecule has 1 N–H and O–H groups in total. The zero-order valence-corrected chi connectivity index (χ0v) is 15.6. The van der Waals surface area contributed by atoms with Gasteiger partial charge in [0, 0.05) is 12.5 Å². The maximum Gasteiger partial charge on any atom is 0.161 e. The molecule has 3 aromatic rings. The van der Waals surface area contributed by atoms with Crippen LogP contribution in [0.1, 0.15) is 29.2 Å². The Balaban J connectivity index is 1.61. The van der Waals surface area contributed by atoms with E-state index < -0.39 is 0 Å². The second-order valence-corrected chi connectivity index (χ2v) is 6.27. The van der Waals surface area contributed by atoms with E-state index >= 15 is 0 Å². The molecule has 0 fully saturated rings. The summed E-state index contributed by atoms with van der Waals surface area (Å²) >= 11 is 0. The average Bonchev–Trinajstić information content (AvgIpc) is 3.23. The Morgan fingerprint density at radius 3 is 2.44 bits per heavy atom. The first kappa shape index (κ1) is 19.0. The van der Waals surface area contributed by atoms with E-state index in [9.17, 15) is 4.39 Å². The molecule has 2 aromatic carbocycles. The number of hydrogen-bond donors (Lipinski definition) is 1. The molecule has 0 saturated heterocycles. The van der Waals surface area contributed by atoms with E-state index in [4.69, 9.17) is 13.9 Å². The summed E-state index contributed by atoms with van der Waals surface area (Å²) in [5, 5.41) is 3.45. The highest BCUT2D eigenvalue weighted by molar-refractivity contribution is 5.42. The molecule has 1 aromatic heterocycles. The summed E-state index contributed by atoms with van der Waals surface area (Å²) in [5.74, 6) is 2.17. The van der Waals surface area contributed by atoms with Crippen LogP contribution in [-0.2, 0) is 6.54 Å². The fraction of sp³-hybridized carbons (Fsp3) is 0.273. The highest BCUT2D eigenvalue weighted by Crippen LogP contribution is 2.29. The number of hydrogen-bond acceptors (Lipinski definition) is 4. The zero-order valence-electron chi connectivity index (χ0n) is 15.6. The van der Waals surface area contributed by atoms with Crippen molar-refractivity contribution in [2.75, 3.05) is 20.8 Å². The zero-order chi connectivity index (χ0) is 19.1. The van der Waals surface area contributed by atoms with Gasteiger partial charge in [-0.15, -0.1) is 0 Å². The van der Waals surface area contributed by atoms with Crippen LogP contribution in [0.25, 0.3) is 0 Å². The van der Waals surface area contributed by atoms with Crippen LogP contribution in [0, 0.1) is 5.82 Å². The molecule has 0 saturated carbocycles. The minimum atomic E-state index is -0.233. The number of furan rings is 1. The Labute approximate surface area is 158 Å². The Bertz CT molecular complexity index is 831. The molecule has 0 spiro atoms. The van der Waals surface area contributed by atoms with Crippen molar-refractivity contribution < 1.29 is 18.3 Å². The molecular weight excluding hydrogens is 345 g/mol. The summed E-state index contributed by atoms with van der Waals surface area (Å²) in [6.07, 6.45) is 2.51. The second-order valence-electron chi connectivity index (χ2n) is 6.27. The van der Waals surface area contributed by atoms with Crippen LogP contribution in [0.5, 0.6) is 11.5 Å². The van der Waals surface area contributed by atoms with E-state index in [1.807, 2.05) is 42.5 Å². The van der Waals surface area contributed by atoms with E-state index in [2.05, 4.69) is 5.32 Å². The quantitative estimate of drug-likeness (QED) is 0.553. The summed E-state index contributed by atoms with van der Waals surface area (Å²) in [6.45, 7) is 1.51. The minimum absolute atomic E-state index is 0.0819. The largest absolute Gasteiger partial charge is 0.493 e. The Kier molecular flexibility index (Phi) is 6.49. The molecule has 0 aliphatic heterocycles. The number of benzene rings is 2. The molecule has 3 rings (SSSR count). The monoisotopic (exact) mass is 369 g/mol. The van der Waals surface area contributed by atoms with E-state index in [0.29, 0.717) is 6.54 Å². The van der Waals surface area contributed by atoms with Crippen LogP contribution in [0.4, 0.5) is 4.39 Å². The smallest absolute Gasteiger partial charge is 0.161 e. The van der Waals surface area contributed by atoms with E-state index in [0.717, 1.165) is 41.4 Å². The maximum absolute atomic E-state index is 13.2. The normalized spacial score (nSPS) is 12.0. The van der Waals surface area contributed by atoms with Gasteiger partial charge >= 0.3 is 0 Å². The molecule has 5 heteroatoms. The maximum atomic E-state index is 13.2. The van der Waals surface area contributed by atoms with Gasteiger partial charge < -0.3 is 19.2 Å². The molecule has 0 aliphatic rings. The Morgan fingerprint density at radius 2 is 1.78 bits per heavy atom. The lowest BCUT2D eigenvalue weighted by Gasteiger charge is -2.16. The molecule has 1 heterocycles. The van der Waals surface area contributed by atoms with Gasteiger partial charge in [0.2, 0.25) is 0 Å². The lowest BCUT2D eigenvalue weighted by molar-refractivity contribution is 0.354. The number of ether oxygens (including phenoxy) is 2. The van der Waals surface area contributed by atoms with Crippen LogP contribution in [0.2, 0.25) is 0 Å². The molecule has 0 unspecified atom stereocenters. The van der Waals surface area contributed by atoms with Gasteiger partial charge in [0.1, 0.15) is 11.6 Å². The Hall–Kier alpha value is -2.79. The first-order chi connectivity index (χ1) is 13.2. The van der Waals surface area contributed by atoms with Crippen LogP contribution in [0.3, 0.4) is 0 Å². The predicted molar refractivity (Wildman–Crippen MR) is 103 cm³/mol. The molecule has 0 bridgehead atoms. The summed E-state index contributed by atoms with van der Waals surface area (Å²) in [7, 11) is 3.26. The summed E-state index contributed by atoms with van der Waals surface area (Å²) in [4.78, 5) is 0. The summed E-state index contributed by atoms with van der Waals surface area (Å²) in [6, 6.07) is 16.3. The molecule has 1 atom stereocenters. The first-order valence-corrected chi connectivity index (χ1v) is 8.91. The molecule has 0 amide bonds. The lowest BCUT2D eigenvalue weighted by Crippen LogP contribution is -2.17. The fourth-order valence-electron chi connectivity index (χ4n) is 3.13. The topological polar surface area (TPSA) is 43.6 Å². The molecule has 0 radical (unpaired) electrons. The van der Waals surface area contributed by atoms with Crippen molar-refractivity contribution in [3.63, 3.8) is 0 Å². The van der Waals surface area contributed by atoms with Crippen molar-refractivity contribution in [3.8, 4) is 11.5 Å². The molecule has 142 valence electrons. The minimum Gasteiger partial charge on any atom is -0.493 e. The molecule has 27 heavy (non-hydrogen) atoms. The van der Waals surface area contributed by atoms with Gasteiger partial charge in [-0.1, -0.05) is 18.2 Å². The third-order valence-electron chi connectivity index (χ3n) is 4.55. The summed E-state index contributed by atoms with van der Waals surface area (Å²) < 4.78 is 29.5. The fourth-order valence-corrected chi connectivity index (χ4v) is 3.13. The van der Waals surface area contributed by atoms with Crippen LogP contribution >= 0.6 is 0 Å². The van der Waals surface area contributed by atoms with Gasteiger partial charge in [0.25, 0.3) is 0 Å². The van der Waals surface area contributed by atoms with Gasteiger partial charge in [-0.25, -0.2) is 4.39 Å². The highest BCUT2D eigenvalue weighted by Gasteiger charge is 2.16. The van der Waals surface area contributed by atoms with E-state index in [-0.39, 0.29) is 11.7 Å². The van der Waals surface area contributed by atoms with Gasteiger partial charge in [-0.05, 0) is 60.5 Å². The van der Waals surface area contributed by atoms with E-state index in [1.54, 1.807) is 20.5 Å². The lowest BCUT2D eigenvalue weighted by atomic mass is 9.93. The second kappa shape index (κ2) is 9.24. The van der Waals surface area contributed by atoms with Crippen molar-refractivity contribution in [1.82, 2.24) is 5.32 Å². The van der Waals surface area contributed by atoms with Gasteiger partial charge in [0.15, 0.2) is 11.5 Å². The number of methoxy groups -OCH3 is 2. The molecule has 4 nitrogen and oxygen atoms in total. The van der Waals surface area contributed by atoms with Crippen molar-refractivity contribution >= 4 is 0 Å². The summed E-state index contributed by atoms with van der Waals surface area (Å²) in [5.41, 5.74) is 2.16. The molecular formula is C22H24FNO3. The number of halogens is 1. The Morgan fingerprint density at radius 1 is 1.00 bits per heavy atom. The van der Waals surface area contributed by atoms with Gasteiger partial charge in [-0.2, -0.15) is 0 Å². The van der Waals surface area contributed by atoms with E-state index in [1.165, 1.54) is 12.1 Å². The van der Waals surface area contributed by atoms with Crippen molar-refractivity contribution in [3.05, 3.63) is 83.6 Å². The van der Waals surface area contributed by atoms with Crippen LogP contribution in [-0.4, -0.2) is 20.8 Å². The van der Waals surface area contributed by atoms with Crippen molar-refractivity contribution in [1.29, 1.82) is 0 Å². The SMILES string of the molecule is COc1ccc(CNCC[C@@H](c2ccc(F)cc2)c2ccco2)cc1OC. The predicted octanol–water partition coefficient (Wildman–Crippen LogP) is 4.75. The first-order valence-electron chi connectivity index (χ1n) is 8.91. The number of nitrogens with one attached hydrogen (secondary N) is 1. The standard InChI is InChI=1S/C22H24FNO3/c1-25-21-10-5-16(14-22(21)26-2)15-24-12-11-19(20-4-3-13-27-20)17-6-8-18(23)9-7-17/h3-10,13-14,19,24H,11-12,15H2,1-2H3/t19-/m0/s1. The number of rotatable bonds is 9. The van der Waals surface area contributed by atoms with Gasteiger partial charge in [-0.3, -0.25) is 0 Å². The third-order valence-corrected chi connectivity index (χ3v) is 4.55. The highest BCUT2D eigenvalue weighted by atomic mass is 19.1. The van der Waals surface area contributed by atoms with Crippen molar-refractivity contribution in [2.45, 2.75) is 18.9 Å². The average molecular weight is 369 g/mol. The van der Waals surface area contributed by atoms with Gasteiger partial charge in [0.05, 0.1) is 20.5 Å². The third kappa shape index (κ3) is 4.89.